The first kappa shape index (κ1) is 54.5. The molecule has 1 rings (SSSR count). The van der Waals surface area contributed by atoms with Crippen LogP contribution in [0.4, 0.5) is 4.79 Å². The fourth-order valence-electron chi connectivity index (χ4n) is 4.29. The van der Waals surface area contributed by atoms with Crippen LogP contribution >= 0.6 is 0 Å². The molecule has 0 aromatic heterocycles. The molecule has 0 aliphatic heterocycles. The molecule has 1 N–H and O–H groups in total. The van der Waals surface area contributed by atoms with E-state index in [0.29, 0.717) is 178 Å². The molecule has 0 radical (unpaired) electrons. The van der Waals surface area contributed by atoms with Crippen molar-refractivity contribution in [2.45, 2.75) is 39.4 Å². The second-order valence-corrected chi connectivity index (χ2v) is 13.3. The number of hydrogen-bond acceptors (Lipinski definition) is 17. The van der Waals surface area contributed by atoms with Gasteiger partial charge in [-0.2, -0.15) is 0 Å². The van der Waals surface area contributed by atoms with Crippen molar-refractivity contribution in [2.75, 3.05) is 178 Å². The number of rotatable bonds is 44. The third-order valence-corrected chi connectivity index (χ3v) is 7.06. The van der Waals surface area contributed by atoms with Crippen molar-refractivity contribution in [3.63, 3.8) is 0 Å². The van der Waals surface area contributed by atoms with Crippen LogP contribution in [0, 0.1) is 0 Å². The summed E-state index contributed by atoms with van der Waals surface area (Å²) in [6, 6.07) is 9.49. The van der Waals surface area contributed by atoms with Gasteiger partial charge >= 0.3 is 12.1 Å². The van der Waals surface area contributed by atoms with Crippen molar-refractivity contribution in [2.24, 2.45) is 0 Å². The van der Waals surface area contributed by atoms with Crippen molar-refractivity contribution in [1.82, 2.24) is 5.32 Å². The number of carbonyl (C=O) groups is 2. The van der Waals surface area contributed by atoms with Gasteiger partial charge in [0.05, 0.1) is 178 Å². The van der Waals surface area contributed by atoms with Crippen LogP contribution in [-0.2, 0) is 82.5 Å². The molecule has 0 aliphatic rings. The Morgan fingerprint density at radius 2 is 0.712 bits per heavy atom. The lowest BCUT2D eigenvalue weighted by atomic mass is 10.2. The lowest BCUT2D eigenvalue weighted by Crippen LogP contribution is -2.28. The molecule has 0 saturated carbocycles. The highest BCUT2D eigenvalue weighted by Gasteiger charge is 2.15. The summed E-state index contributed by atoms with van der Waals surface area (Å²) in [6.07, 6.45) is -0.248. The second-order valence-electron chi connectivity index (χ2n) is 13.3. The maximum Gasteiger partial charge on any atom is 0.407 e. The summed E-state index contributed by atoms with van der Waals surface area (Å²) in [5.74, 6) is -0.270. The molecule has 1 aromatic rings. The molecule has 18 heteroatoms. The van der Waals surface area contributed by atoms with E-state index < -0.39 is 11.7 Å². The SMILES string of the molecule is CC(C)(C)OC(=O)CCOCCOCCOCCOCCOCCOCCOCCOCCOCCOCCOCCOCCOCCNC(=O)OCc1ccccc1. The van der Waals surface area contributed by atoms with Crippen LogP contribution in [0.3, 0.4) is 0 Å². The maximum atomic E-state index is 11.7. The van der Waals surface area contributed by atoms with E-state index in [0.717, 1.165) is 5.56 Å². The van der Waals surface area contributed by atoms with E-state index in [2.05, 4.69) is 5.32 Å². The van der Waals surface area contributed by atoms with Gasteiger partial charge in [-0.1, -0.05) is 30.3 Å². The van der Waals surface area contributed by atoms with Crippen molar-refractivity contribution < 1.29 is 80.6 Å². The van der Waals surface area contributed by atoms with Gasteiger partial charge in [-0.05, 0) is 26.3 Å². The number of ether oxygens (including phenoxy) is 15. The Hall–Kier alpha value is -2.56. The van der Waals surface area contributed by atoms with Gasteiger partial charge in [0.2, 0.25) is 0 Å². The molecule has 1 amide bonds. The van der Waals surface area contributed by atoms with Gasteiger partial charge in [-0.15, -0.1) is 0 Å². The van der Waals surface area contributed by atoms with Gasteiger partial charge in [0, 0.05) is 6.54 Å². The Labute approximate surface area is 351 Å². The lowest BCUT2D eigenvalue weighted by Gasteiger charge is -2.19. The van der Waals surface area contributed by atoms with E-state index in [4.69, 9.17) is 71.1 Å². The molecule has 59 heavy (non-hydrogen) atoms. The van der Waals surface area contributed by atoms with Crippen molar-refractivity contribution >= 4 is 12.1 Å². The third-order valence-electron chi connectivity index (χ3n) is 7.06. The fourth-order valence-corrected chi connectivity index (χ4v) is 4.29. The molecule has 0 unspecified atom stereocenters. The molecule has 0 saturated heterocycles. The minimum atomic E-state index is -0.480. The van der Waals surface area contributed by atoms with E-state index in [1.54, 1.807) is 0 Å². The highest BCUT2D eigenvalue weighted by molar-refractivity contribution is 5.69. The first-order valence-corrected chi connectivity index (χ1v) is 20.5. The monoisotopic (exact) mass is 851 g/mol. The summed E-state index contributed by atoms with van der Waals surface area (Å²) in [4.78, 5) is 23.2. The Balaban J connectivity index is 1.63. The maximum absolute atomic E-state index is 11.7. The minimum absolute atomic E-state index is 0.226. The van der Waals surface area contributed by atoms with E-state index in [9.17, 15) is 9.59 Å². The molecule has 0 fully saturated rings. The van der Waals surface area contributed by atoms with Gasteiger partial charge < -0.3 is 76.4 Å². The molecular formula is C41H73NO17. The molecular weight excluding hydrogens is 778 g/mol. The van der Waals surface area contributed by atoms with Gasteiger partial charge in [-0.25, -0.2) is 4.79 Å². The Bertz CT molecular complexity index is 1050. The fraction of sp³-hybridized carbons (Fsp3) is 0.805. The quantitative estimate of drug-likeness (QED) is 0.0746. The second kappa shape index (κ2) is 42.1. The van der Waals surface area contributed by atoms with Crippen LogP contribution in [-0.4, -0.2) is 196 Å². The molecule has 0 aliphatic carbocycles. The molecule has 1 aromatic carbocycles. The number of amides is 1. The Kier molecular flexibility index (Phi) is 38.9. The Morgan fingerprint density at radius 3 is 1.02 bits per heavy atom. The zero-order chi connectivity index (χ0) is 42.6. The molecule has 18 nitrogen and oxygen atoms in total. The highest BCUT2D eigenvalue weighted by Crippen LogP contribution is 2.08. The van der Waals surface area contributed by atoms with Gasteiger partial charge in [0.1, 0.15) is 12.2 Å². The molecule has 0 heterocycles. The summed E-state index contributed by atoms with van der Waals surface area (Å²) in [7, 11) is 0. The lowest BCUT2D eigenvalue weighted by molar-refractivity contribution is -0.156. The van der Waals surface area contributed by atoms with Gasteiger partial charge in [0.15, 0.2) is 0 Å². The summed E-state index contributed by atoms with van der Waals surface area (Å²) < 4.78 is 81.4. The van der Waals surface area contributed by atoms with Gasteiger partial charge in [-0.3, -0.25) is 4.79 Å². The van der Waals surface area contributed by atoms with Crippen LogP contribution in [0.1, 0.15) is 32.8 Å². The highest BCUT2D eigenvalue weighted by atomic mass is 16.6. The van der Waals surface area contributed by atoms with Crippen LogP contribution in [0.5, 0.6) is 0 Å². The number of alkyl carbamates (subject to hydrolysis) is 1. The summed E-state index contributed by atoms with van der Waals surface area (Å²) in [5.41, 5.74) is 0.453. The summed E-state index contributed by atoms with van der Waals surface area (Å²) in [5, 5.41) is 2.64. The van der Waals surface area contributed by atoms with E-state index >= 15 is 0 Å². The van der Waals surface area contributed by atoms with E-state index in [1.807, 2.05) is 51.1 Å². The van der Waals surface area contributed by atoms with Crippen molar-refractivity contribution in [3.8, 4) is 0 Å². The molecule has 0 bridgehead atoms. The van der Waals surface area contributed by atoms with E-state index in [1.165, 1.54) is 0 Å². The molecule has 0 atom stereocenters. The zero-order valence-corrected chi connectivity index (χ0v) is 35.8. The Morgan fingerprint density at radius 1 is 0.424 bits per heavy atom. The minimum Gasteiger partial charge on any atom is -0.460 e. The van der Waals surface area contributed by atoms with Crippen LogP contribution in [0.2, 0.25) is 0 Å². The predicted octanol–water partition coefficient (Wildman–Crippen LogP) is 2.86. The standard InChI is InChI=1S/C41H73NO17/c1-41(2,3)59-39(43)9-11-45-13-15-47-17-19-49-21-23-51-25-27-53-29-31-55-33-35-57-36-34-56-32-30-54-28-26-52-24-22-50-20-18-48-16-14-46-12-10-42-40(44)58-37-38-7-5-4-6-8-38/h4-8H,9-37H2,1-3H3,(H,42,44). The third kappa shape index (κ3) is 43.3. The summed E-state index contributed by atoms with van der Waals surface area (Å²) in [6.45, 7) is 18.0. The zero-order valence-electron chi connectivity index (χ0n) is 35.8. The van der Waals surface area contributed by atoms with Gasteiger partial charge in [0.25, 0.3) is 0 Å². The predicted molar refractivity (Wildman–Crippen MR) is 216 cm³/mol. The topological polar surface area (TPSA) is 185 Å². The normalized spacial score (nSPS) is 11.6. The van der Waals surface area contributed by atoms with Crippen LogP contribution in [0.25, 0.3) is 0 Å². The average molecular weight is 852 g/mol. The summed E-state index contributed by atoms with van der Waals surface area (Å²) >= 11 is 0. The number of esters is 1. The molecule has 0 spiro atoms. The number of hydrogen-bond donors (Lipinski definition) is 1. The average Bonchev–Trinajstić information content (AvgIpc) is 3.21. The first-order valence-electron chi connectivity index (χ1n) is 20.5. The van der Waals surface area contributed by atoms with Crippen LogP contribution in [0.15, 0.2) is 30.3 Å². The largest absolute Gasteiger partial charge is 0.460 e. The van der Waals surface area contributed by atoms with Crippen LogP contribution < -0.4 is 5.32 Å². The first-order chi connectivity index (χ1) is 28.9. The van der Waals surface area contributed by atoms with Crippen molar-refractivity contribution in [3.05, 3.63) is 35.9 Å². The van der Waals surface area contributed by atoms with E-state index in [-0.39, 0.29) is 19.0 Å². The number of carbonyl (C=O) groups excluding carboxylic acids is 2. The van der Waals surface area contributed by atoms with Crippen molar-refractivity contribution in [1.29, 1.82) is 0 Å². The number of nitrogens with one attached hydrogen (secondary N) is 1. The smallest absolute Gasteiger partial charge is 0.407 e. The molecule has 344 valence electrons. The number of benzene rings is 1.